The van der Waals surface area contributed by atoms with E-state index in [0.717, 1.165) is 11.8 Å². The van der Waals surface area contributed by atoms with Gasteiger partial charge in [-0.1, -0.05) is 31.5 Å². The second-order valence-electron chi connectivity index (χ2n) is 5.75. The van der Waals surface area contributed by atoms with E-state index < -0.39 is 0 Å². The van der Waals surface area contributed by atoms with E-state index >= 15 is 0 Å². The number of rotatable bonds is 4. The number of fused-ring (bicyclic) bond motifs is 1. The van der Waals surface area contributed by atoms with Gasteiger partial charge in [-0.15, -0.1) is 11.8 Å². The molecule has 3 rings (SSSR count). The number of hydrogen-bond acceptors (Lipinski definition) is 3. The molecule has 3 heteroatoms. The van der Waals surface area contributed by atoms with Gasteiger partial charge in [0, 0.05) is 42.4 Å². The Balaban J connectivity index is 1.53. The van der Waals surface area contributed by atoms with Crippen molar-refractivity contribution in [2.45, 2.75) is 42.4 Å². The van der Waals surface area contributed by atoms with Gasteiger partial charge in [0.25, 0.3) is 0 Å². The van der Waals surface area contributed by atoms with Gasteiger partial charge in [0.15, 0.2) is 0 Å². The van der Waals surface area contributed by atoms with Crippen LogP contribution in [0.4, 0.5) is 0 Å². The van der Waals surface area contributed by atoms with Gasteiger partial charge < -0.3 is 5.32 Å². The van der Waals surface area contributed by atoms with Gasteiger partial charge in [-0.05, 0) is 24.5 Å². The molecule has 104 valence electrons. The van der Waals surface area contributed by atoms with Gasteiger partial charge >= 0.3 is 0 Å². The number of hydrogen-bond donors (Lipinski definition) is 1. The van der Waals surface area contributed by atoms with Gasteiger partial charge in [-0.3, -0.25) is 4.90 Å². The molecule has 0 radical (unpaired) electrons. The SMILES string of the molecule is CCCC1CN(CC2Cc3ccccc3S2)CCN1. The molecule has 1 aromatic rings. The highest BCUT2D eigenvalue weighted by molar-refractivity contribution is 8.00. The number of piperazine rings is 1. The van der Waals surface area contributed by atoms with Crippen LogP contribution in [0.15, 0.2) is 29.2 Å². The number of nitrogens with one attached hydrogen (secondary N) is 1. The highest BCUT2D eigenvalue weighted by atomic mass is 32.2. The molecule has 2 heterocycles. The van der Waals surface area contributed by atoms with E-state index in [4.69, 9.17) is 0 Å². The molecule has 0 saturated carbocycles. The lowest BCUT2D eigenvalue weighted by atomic mass is 10.1. The Bertz CT molecular complexity index is 394. The Morgan fingerprint density at radius 2 is 2.26 bits per heavy atom. The number of nitrogens with zero attached hydrogens (tertiary/aromatic N) is 1. The molecule has 2 aliphatic heterocycles. The third-order valence-electron chi connectivity index (χ3n) is 4.15. The van der Waals surface area contributed by atoms with Crippen molar-refractivity contribution in [3.05, 3.63) is 29.8 Å². The van der Waals surface area contributed by atoms with Crippen molar-refractivity contribution in [2.75, 3.05) is 26.2 Å². The molecule has 2 nitrogen and oxygen atoms in total. The highest BCUT2D eigenvalue weighted by Gasteiger charge is 2.26. The average molecular weight is 276 g/mol. The molecule has 1 N–H and O–H groups in total. The molecular formula is C16H24N2S. The first kappa shape index (κ1) is 13.5. The van der Waals surface area contributed by atoms with E-state index in [9.17, 15) is 0 Å². The molecule has 1 saturated heterocycles. The minimum atomic E-state index is 0.715. The van der Waals surface area contributed by atoms with Crippen LogP contribution in [-0.2, 0) is 6.42 Å². The summed E-state index contributed by atoms with van der Waals surface area (Å²) in [7, 11) is 0. The van der Waals surface area contributed by atoms with E-state index in [1.165, 1.54) is 43.8 Å². The van der Waals surface area contributed by atoms with Gasteiger partial charge in [0.05, 0.1) is 0 Å². The molecule has 19 heavy (non-hydrogen) atoms. The predicted octanol–water partition coefficient (Wildman–Crippen LogP) is 2.78. The molecule has 1 aromatic carbocycles. The van der Waals surface area contributed by atoms with Gasteiger partial charge in [0.1, 0.15) is 0 Å². The topological polar surface area (TPSA) is 15.3 Å². The summed E-state index contributed by atoms with van der Waals surface area (Å²) in [6, 6.07) is 9.62. The molecule has 0 spiro atoms. The quantitative estimate of drug-likeness (QED) is 0.910. The highest BCUT2D eigenvalue weighted by Crippen LogP contribution is 2.37. The minimum absolute atomic E-state index is 0.715. The van der Waals surface area contributed by atoms with Crippen LogP contribution in [0.3, 0.4) is 0 Å². The second kappa shape index (κ2) is 6.29. The molecular weight excluding hydrogens is 252 g/mol. The van der Waals surface area contributed by atoms with Crippen LogP contribution in [0.5, 0.6) is 0 Å². The lowest BCUT2D eigenvalue weighted by Crippen LogP contribution is -2.51. The first-order chi connectivity index (χ1) is 9.35. The molecule has 2 atom stereocenters. The van der Waals surface area contributed by atoms with Crippen molar-refractivity contribution in [2.24, 2.45) is 0 Å². The van der Waals surface area contributed by atoms with E-state index in [-0.39, 0.29) is 0 Å². The van der Waals surface area contributed by atoms with Crippen molar-refractivity contribution in [1.82, 2.24) is 10.2 Å². The van der Waals surface area contributed by atoms with Crippen molar-refractivity contribution in [1.29, 1.82) is 0 Å². The van der Waals surface area contributed by atoms with Crippen LogP contribution in [0.1, 0.15) is 25.3 Å². The summed E-state index contributed by atoms with van der Waals surface area (Å²) < 4.78 is 0. The molecule has 0 bridgehead atoms. The fourth-order valence-corrected chi connectivity index (χ4v) is 4.61. The molecule has 0 amide bonds. The zero-order valence-electron chi connectivity index (χ0n) is 11.8. The molecule has 2 unspecified atom stereocenters. The van der Waals surface area contributed by atoms with Crippen molar-refractivity contribution < 1.29 is 0 Å². The second-order valence-corrected chi connectivity index (χ2v) is 7.09. The average Bonchev–Trinajstić information content (AvgIpc) is 2.81. The summed E-state index contributed by atoms with van der Waals surface area (Å²) in [4.78, 5) is 4.17. The smallest absolute Gasteiger partial charge is 0.0263 e. The summed E-state index contributed by atoms with van der Waals surface area (Å²) in [5, 5.41) is 4.41. The first-order valence-corrected chi connectivity index (χ1v) is 8.43. The maximum Gasteiger partial charge on any atom is 0.0263 e. The summed E-state index contributed by atoms with van der Waals surface area (Å²) in [5.41, 5.74) is 1.55. The fraction of sp³-hybridized carbons (Fsp3) is 0.625. The number of benzene rings is 1. The van der Waals surface area contributed by atoms with Gasteiger partial charge in [-0.25, -0.2) is 0 Å². The van der Waals surface area contributed by atoms with Crippen molar-refractivity contribution in [3.8, 4) is 0 Å². The fourth-order valence-electron chi connectivity index (χ4n) is 3.25. The van der Waals surface area contributed by atoms with Crippen LogP contribution in [-0.4, -0.2) is 42.4 Å². The molecule has 0 aromatic heterocycles. The zero-order chi connectivity index (χ0) is 13.1. The van der Waals surface area contributed by atoms with Crippen molar-refractivity contribution >= 4 is 11.8 Å². The zero-order valence-corrected chi connectivity index (χ0v) is 12.6. The summed E-state index contributed by atoms with van der Waals surface area (Å²) in [6.45, 7) is 7.15. The maximum absolute atomic E-state index is 3.64. The summed E-state index contributed by atoms with van der Waals surface area (Å²) >= 11 is 2.08. The maximum atomic E-state index is 3.64. The first-order valence-electron chi connectivity index (χ1n) is 7.55. The Hall–Kier alpha value is -0.510. The van der Waals surface area contributed by atoms with Gasteiger partial charge in [0.2, 0.25) is 0 Å². The van der Waals surface area contributed by atoms with Gasteiger partial charge in [-0.2, -0.15) is 0 Å². The molecule has 2 aliphatic rings. The Kier molecular flexibility index (Phi) is 4.46. The Morgan fingerprint density at radius 3 is 3.11 bits per heavy atom. The van der Waals surface area contributed by atoms with Crippen LogP contribution in [0.25, 0.3) is 0 Å². The van der Waals surface area contributed by atoms with Crippen LogP contribution < -0.4 is 5.32 Å². The Morgan fingerprint density at radius 1 is 1.37 bits per heavy atom. The van der Waals surface area contributed by atoms with Crippen LogP contribution in [0, 0.1) is 0 Å². The molecule has 0 aliphatic carbocycles. The summed E-state index contributed by atoms with van der Waals surface area (Å²) in [5.74, 6) is 0. The lowest BCUT2D eigenvalue weighted by Gasteiger charge is -2.34. The normalized spacial score (nSPS) is 27.4. The minimum Gasteiger partial charge on any atom is -0.311 e. The third-order valence-corrected chi connectivity index (χ3v) is 5.45. The van der Waals surface area contributed by atoms with E-state index in [1.54, 1.807) is 5.56 Å². The predicted molar refractivity (Wildman–Crippen MR) is 82.9 cm³/mol. The molecule has 1 fully saturated rings. The number of thioether (sulfide) groups is 1. The van der Waals surface area contributed by atoms with E-state index in [1.807, 2.05) is 0 Å². The van der Waals surface area contributed by atoms with E-state index in [0.29, 0.717) is 6.04 Å². The lowest BCUT2D eigenvalue weighted by molar-refractivity contribution is 0.195. The van der Waals surface area contributed by atoms with E-state index in [2.05, 4.69) is 53.2 Å². The summed E-state index contributed by atoms with van der Waals surface area (Å²) in [6.07, 6.45) is 3.85. The van der Waals surface area contributed by atoms with Crippen molar-refractivity contribution in [3.63, 3.8) is 0 Å². The standard InChI is InChI=1S/C16H24N2S/c1-2-5-14-11-18(9-8-17-14)12-15-10-13-6-3-4-7-16(13)19-15/h3-4,6-7,14-15,17H,2,5,8-12H2,1H3. The van der Waals surface area contributed by atoms with Crippen LogP contribution >= 0.6 is 11.8 Å². The largest absolute Gasteiger partial charge is 0.311 e. The monoisotopic (exact) mass is 276 g/mol. The Labute approximate surface area is 121 Å². The third kappa shape index (κ3) is 3.33. The van der Waals surface area contributed by atoms with Crippen LogP contribution in [0.2, 0.25) is 0 Å².